The van der Waals surface area contributed by atoms with Gasteiger partial charge in [-0.2, -0.15) is 0 Å². The van der Waals surface area contributed by atoms with Gasteiger partial charge < -0.3 is 14.4 Å². The maximum Gasteiger partial charge on any atom is 0.305 e. The number of para-hydroxylation sites is 1. The normalized spacial score (nSPS) is 11.2. The number of hydrogen-bond acceptors (Lipinski definition) is 2. The van der Waals surface area contributed by atoms with Crippen LogP contribution >= 0.6 is 11.6 Å². The Bertz CT molecular complexity index is 1320. The van der Waals surface area contributed by atoms with Crippen LogP contribution in [0.1, 0.15) is 35.1 Å². The highest BCUT2D eigenvalue weighted by molar-refractivity contribution is 6.32. The first-order valence-electron chi connectivity index (χ1n) is 11.6. The van der Waals surface area contributed by atoms with Crippen molar-refractivity contribution in [1.29, 1.82) is 0 Å². The van der Waals surface area contributed by atoms with Gasteiger partial charge in [0.05, 0.1) is 18.5 Å². The van der Waals surface area contributed by atoms with E-state index in [1.165, 1.54) is 22.1 Å². The van der Waals surface area contributed by atoms with Crippen LogP contribution in [0.25, 0.3) is 22.0 Å². The van der Waals surface area contributed by atoms with Gasteiger partial charge in [-0.15, -0.1) is 0 Å². The number of aryl methyl sites for hydroxylation is 5. The molecule has 0 saturated carbocycles. The molecular formula is C29H30ClNO3. The molecule has 0 aliphatic carbocycles. The molecular weight excluding hydrogens is 446 g/mol. The van der Waals surface area contributed by atoms with E-state index in [0.717, 1.165) is 45.8 Å². The zero-order chi connectivity index (χ0) is 24.2. The largest absolute Gasteiger partial charge is 0.494 e. The Morgan fingerprint density at radius 3 is 2.38 bits per heavy atom. The molecule has 1 aromatic heterocycles. The Hall–Kier alpha value is -3.24. The second-order valence-electron chi connectivity index (χ2n) is 8.83. The predicted molar refractivity (Wildman–Crippen MR) is 139 cm³/mol. The molecule has 0 amide bonds. The summed E-state index contributed by atoms with van der Waals surface area (Å²) in [6, 6.07) is 18.6. The van der Waals surface area contributed by atoms with Gasteiger partial charge in [-0.3, -0.25) is 4.79 Å². The number of benzene rings is 3. The van der Waals surface area contributed by atoms with Crippen LogP contribution in [-0.2, 0) is 17.8 Å². The lowest BCUT2D eigenvalue weighted by Gasteiger charge is -2.11. The molecule has 34 heavy (non-hydrogen) atoms. The maximum absolute atomic E-state index is 11.3. The Labute approximate surface area is 205 Å². The van der Waals surface area contributed by atoms with E-state index in [0.29, 0.717) is 13.2 Å². The highest BCUT2D eigenvalue weighted by Crippen LogP contribution is 2.34. The second-order valence-corrected chi connectivity index (χ2v) is 9.21. The van der Waals surface area contributed by atoms with Crippen molar-refractivity contribution in [2.45, 2.75) is 46.6 Å². The van der Waals surface area contributed by atoms with Crippen LogP contribution in [0.15, 0.2) is 60.8 Å². The number of carboxylic acids is 1. The van der Waals surface area contributed by atoms with Crippen LogP contribution < -0.4 is 4.74 Å². The number of ether oxygens (including phenoxy) is 1. The number of aromatic nitrogens is 1. The predicted octanol–water partition coefficient (Wildman–Crippen LogP) is 7.37. The zero-order valence-electron chi connectivity index (χ0n) is 19.9. The van der Waals surface area contributed by atoms with Gasteiger partial charge in [0.25, 0.3) is 0 Å². The van der Waals surface area contributed by atoms with Crippen molar-refractivity contribution in [2.24, 2.45) is 0 Å². The van der Waals surface area contributed by atoms with Gasteiger partial charge in [-0.05, 0) is 73.6 Å². The standard InChI is InChI=1S/C29H30ClNO3/c1-19-8-4-5-10-24(19)26-12-6-11-25-22(18-31(29(25)26)14-13-27(32)33)9-7-15-34-23-16-20(2)28(30)21(3)17-23/h4-6,8,10-12,16-18H,7,9,13-15H2,1-3H3,(H,32,33). The molecule has 0 saturated heterocycles. The first-order chi connectivity index (χ1) is 16.3. The van der Waals surface area contributed by atoms with Crippen molar-refractivity contribution >= 4 is 28.5 Å². The molecule has 5 heteroatoms. The van der Waals surface area contributed by atoms with Gasteiger partial charge in [-0.25, -0.2) is 0 Å². The van der Waals surface area contributed by atoms with Gasteiger partial charge in [0, 0.05) is 28.7 Å². The topological polar surface area (TPSA) is 51.5 Å². The molecule has 0 fully saturated rings. The summed E-state index contributed by atoms with van der Waals surface area (Å²) in [6.07, 6.45) is 3.91. The second kappa shape index (κ2) is 10.4. The summed E-state index contributed by atoms with van der Waals surface area (Å²) >= 11 is 6.27. The fourth-order valence-corrected chi connectivity index (χ4v) is 4.67. The van der Waals surface area contributed by atoms with E-state index in [2.05, 4.69) is 48.0 Å². The van der Waals surface area contributed by atoms with Crippen molar-refractivity contribution in [1.82, 2.24) is 4.57 Å². The Morgan fingerprint density at radius 2 is 1.68 bits per heavy atom. The summed E-state index contributed by atoms with van der Waals surface area (Å²) in [5.41, 5.74) is 7.84. The van der Waals surface area contributed by atoms with Crippen molar-refractivity contribution in [2.75, 3.05) is 6.61 Å². The minimum atomic E-state index is -0.793. The molecule has 4 rings (SSSR count). The Morgan fingerprint density at radius 1 is 0.971 bits per heavy atom. The van der Waals surface area contributed by atoms with Crippen molar-refractivity contribution < 1.29 is 14.6 Å². The molecule has 3 aromatic carbocycles. The highest BCUT2D eigenvalue weighted by Gasteiger charge is 2.15. The van der Waals surface area contributed by atoms with Gasteiger partial charge in [0.2, 0.25) is 0 Å². The third kappa shape index (κ3) is 5.13. The van der Waals surface area contributed by atoms with E-state index >= 15 is 0 Å². The Kier molecular flexibility index (Phi) is 7.28. The number of nitrogens with zero attached hydrogens (tertiary/aromatic N) is 1. The molecule has 0 aliphatic rings. The average Bonchev–Trinajstić information content (AvgIpc) is 3.17. The van der Waals surface area contributed by atoms with Crippen LogP contribution in [0, 0.1) is 20.8 Å². The maximum atomic E-state index is 11.3. The van der Waals surface area contributed by atoms with Gasteiger partial charge in [0.15, 0.2) is 0 Å². The third-order valence-electron chi connectivity index (χ3n) is 6.25. The molecule has 4 aromatic rings. The first-order valence-corrected chi connectivity index (χ1v) is 12.0. The minimum absolute atomic E-state index is 0.0870. The Balaban J connectivity index is 1.59. The quantitative estimate of drug-likeness (QED) is 0.257. The van der Waals surface area contributed by atoms with E-state index in [9.17, 15) is 9.90 Å². The number of aliphatic carboxylic acids is 1. The number of hydrogen-bond donors (Lipinski definition) is 1. The minimum Gasteiger partial charge on any atom is -0.494 e. The van der Waals surface area contributed by atoms with Gasteiger partial charge >= 0.3 is 5.97 Å². The summed E-state index contributed by atoms with van der Waals surface area (Å²) in [7, 11) is 0. The molecule has 0 unspecified atom stereocenters. The van der Waals surface area contributed by atoms with Crippen molar-refractivity contribution in [3.05, 3.63) is 88.1 Å². The van der Waals surface area contributed by atoms with Crippen LogP contribution in [0.4, 0.5) is 0 Å². The summed E-state index contributed by atoms with van der Waals surface area (Å²) in [5.74, 6) is 0.0452. The molecule has 1 heterocycles. The van der Waals surface area contributed by atoms with E-state index in [4.69, 9.17) is 16.3 Å². The molecule has 176 valence electrons. The van der Waals surface area contributed by atoms with Crippen LogP contribution in [0.5, 0.6) is 5.75 Å². The smallest absolute Gasteiger partial charge is 0.305 e. The van der Waals surface area contributed by atoms with Gasteiger partial charge in [0.1, 0.15) is 5.75 Å². The third-order valence-corrected chi connectivity index (χ3v) is 6.85. The molecule has 4 nitrogen and oxygen atoms in total. The van der Waals surface area contributed by atoms with E-state index in [1.807, 2.05) is 38.1 Å². The number of halogens is 1. The molecule has 0 atom stereocenters. The zero-order valence-corrected chi connectivity index (χ0v) is 20.7. The van der Waals surface area contributed by atoms with Crippen LogP contribution in [-0.4, -0.2) is 22.2 Å². The lowest BCUT2D eigenvalue weighted by atomic mass is 9.97. The number of fused-ring (bicyclic) bond motifs is 1. The monoisotopic (exact) mass is 475 g/mol. The molecule has 0 radical (unpaired) electrons. The first kappa shape index (κ1) is 23.9. The molecule has 0 spiro atoms. The average molecular weight is 476 g/mol. The summed E-state index contributed by atoms with van der Waals surface area (Å²) < 4.78 is 8.11. The van der Waals surface area contributed by atoms with Crippen LogP contribution in [0.2, 0.25) is 5.02 Å². The molecule has 1 N–H and O–H groups in total. The SMILES string of the molecule is Cc1ccccc1-c1cccc2c(CCCOc3cc(C)c(Cl)c(C)c3)cn(CCC(=O)O)c12. The summed E-state index contributed by atoms with van der Waals surface area (Å²) in [6.45, 7) is 7.12. The van der Waals surface area contributed by atoms with Crippen LogP contribution in [0.3, 0.4) is 0 Å². The van der Waals surface area contributed by atoms with Crippen molar-refractivity contribution in [3.8, 4) is 16.9 Å². The van der Waals surface area contributed by atoms with Crippen molar-refractivity contribution in [3.63, 3.8) is 0 Å². The van der Waals surface area contributed by atoms with Gasteiger partial charge in [-0.1, -0.05) is 54.1 Å². The number of carboxylic acid groups (broad SMARTS) is 1. The summed E-state index contributed by atoms with van der Waals surface area (Å²) in [5, 5.41) is 11.2. The van der Waals surface area contributed by atoms with E-state index in [1.54, 1.807) is 0 Å². The van der Waals surface area contributed by atoms with E-state index < -0.39 is 5.97 Å². The fourth-order valence-electron chi connectivity index (χ4n) is 4.56. The summed E-state index contributed by atoms with van der Waals surface area (Å²) in [4.78, 5) is 11.3. The number of carbonyl (C=O) groups is 1. The highest BCUT2D eigenvalue weighted by atomic mass is 35.5. The fraction of sp³-hybridized carbons (Fsp3) is 0.276. The molecule has 0 aliphatic heterocycles. The number of rotatable bonds is 9. The van der Waals surface area contributed by atoms with E-state index in [-0.39, 0.29) is 6.42 Å². The lowest BCUT2D eigenvalue weighted by Crippen LogP contribution is -2.04. The lowest BCUT2D eigenvalue weighted by molar-refractivity contribution is -0.137. The molecule has 0 bridgehead atoms.